The van der Waals surface area contributed by atoms with Crippen molar-refractivity contribution >= 4 is 40.3 Å². The van der Waals surface area contributed by atoms with Gasteiger partial charge in [0.25, 0.3) is 0 Å². The standard InChI is InChI=1S/C35H40N8O5/c1-3-25-11-7-12-27-28(23(2)44)20-41(33(25)27)22-32(46)40-15-16-43-30(21-40)34(47)36-18-26-19-42(39-38-26)14-8-13-31(45)37-29(35(43)48)17-24-9-5-4-6-10-24/h4-7,9-12,19-20,29-30H,3,8,13-18,21-22H2,1-2H3,(H,36,47)(H,37,45)/t29-,30+/m0/s1. The van der Waals surface area contributed by atoms with Gasteiger partial charge >= 0.3 is 0 Å². The van der Waals surface area contributed by atoms with Gasteiger partial charge in [-0.2, -0.15) is 0 Å². The molecule has 1 saturated heterocycles. The Morgan fingerprint density at radius 1 is 0.979 bits per heavy atom. The van der Waals surface area contributed by atoms with Gasteiger partial charge in [-0.25, -0.2) is 0 Å². The van der Waals surface area contributed by atoms with Crippen LogP contribution in [-0.4, -0.2) is 90.5 Å². The molecule has 0 unspecified atom stereocenters. The first-order valence-electron chi connectivity index (χ1n) is 16.4. The second kappa shape index (κ2) is 14.2. The predicted octanol–water partition coefficient (Wildman–Crippen LogP) is 1.87. The number of carbonyl (C=O) groups excluding carboxylic acids is 5. The minimum absolute atomic E-state index is 0.0289. The minimum atomic E-state index is -1.01. The van der Waals surface area contributed by atoms with E-state index in [0.717, 1.165) is 28.5 Å². The van der Waals surface area contributed by atoms with E-state index < -0.39 is 18.0 Å². The highest BCUT2D eigenvalue weighted by molar-refractivity contribution is 6.08. The number of hydrogen-bond acceptors (Lipinski definition) is 7. The Morgan fingerprint density at radius 3 is 2.56 bits per heavy atom. The first-order chi connectivity index (χ1) is 23.2. The van der Waals surface area contributed by atoms with Crippen LogP contribution in [0.1, 0.15) is 53.9 Å². The van der Waals surface area contributed by atoms with Gasteiger partial charge in [0.05, 0.1) is 24.8 Å². The summed E-state index contributed by atoms with van der Waals surface area (Å²) in [5.41, 5.74) is 3.82. The van der Waals surface area contributed by atoms with Crippen LogP contribution >= 0.6 is 0 Å². The lowest BCUT2D eigenvalue weighted by molar-refractivity contribution is -0.150. The Morgan fingerprint density at radius 2 is 1.79 bits per heavy atom. The highest BCUT2D eigenvalue weighted by atomic mass is 16.2. The van der Waals surface area contributed by atoms with Gasteiger partial charge in [-0.15, -0.1) is 5.10 Å². The van der Waals surface area contributed by atoms with Crippen molar-refractivity contribution in [3.05, 3.63) is 83.3 Å². The van der Waals surface area contributed by atoms with Crippen LogP contribution in [0.25, 0.3) is 10.9 Å². The van der Waals surface area contributed by atoms with Crippen molar-refractivity contribution in [1.29, 1.82) is 0 Å². The van der Waals surface area contributed by atoms with Crippen molar-refractivity contribution in [2.24, 2.45) is 0 Å². The largest absolute Gasteiger partial charge is 0.348 e. The molecule has 2 aliphatic rings. The summed E-state index contributed by atoms with van der Waals surface area (Å²) in [6.45, 7) is 4.34. The van der Waals surface area contributed by atoms with Gasteiger partial charge in [-0.05, 0) is 30.9 Å². The molecule has 2 aliphatic heterocycles. The van der Waals surface area contributed by atoms with Crippen molar-refractivity contribution in [2.45, 2.75) is 71.2 Å². The third kappa shape index (κ3) is 6.99. The summed E-state index contributed by atoms with van der Waals surface area (Å²) in [4.78, 5) is 70.6. The lowest BCUT2D eigenvalue weighted by Gasteiger charge is -2.42. The van der Waals surface area contributed by atoms with E-state index in [1.807, 2.05) is 60.0 Å². The van der Waals surface area contributed by atoms with Crippen molar-refractivity contribution in [3.8, 4) is 0 Å². The number of nitrogens with one attached hydrogen (secondary N) is 2. The van der Waals surface area contributed by atoms with Gasteiger partial charge < -0.3 is 25.0 Å². The Labute approximate surface area is 278 Å². The van der Waals surface area contributed by atoms with E-state index in [9.17, 15) is 24.0 Å². The molecule has 2 N–H and O–H groups in total. The summed E-state index contributed by atoms with van der Waals surface area (Å²) in [5.74, 6) is -1.41. The lowest BCUT2D eigenvalue weighted by Crippen LogP contribution is -2.64. The van der Waals surface area contributed by atoms with Crippen LogP contribution in [-0.2, 0) is 51.7 Å². The molecule has 4 aromatic rings. The third-order valence-electron chi connectivity index (χ3n) is 9.10. The molecule has 0 saturated carbocycles. The highest BCUT2D eigenvalue weighted by Gasteiger charge is 2.40. The molecule has 4 heterocycles. The Balaban J connectivity index is 1.28. The number of aryl methyl sites for hydroxylation is 2. The van der Waals surface area contributed by atoms with Crippen molar-refractivity contribution < 1.29 is 24.0 Å². The quantitative estimate of drug-likeness (QED) is 0.302. The molecule has 2 aromatic carbocycles. The smallest absolute Gasteiger partial charge is 0.246 e. The average molecular weight is 653 g/mol. The number of amides is 4. The van der Waals surface area contributed by atoms with Crippen molar-refractivity contribution in [2.75, 3.05) is 19.6 Å². The fourth-order valence-electron chi connectivity index (χ4n) is 6.61. The maximum Gasteiger partial charge on any atom is 0.246 e. The van der Waals surface area contributed by atoms with Crippen molar-refractivity contribution in [3.63, 3.8) is 0 Å². The fraction of sp³-hybridized carbons (Fsp3) is 0.400. The van der Waals surface area contributed by atoms with Crippen LogP contribution in [0.2, 0.25) is 0 Å². The minimum Gasteiger partial charge on any atom is -0.348 e. The van der Waals surface area contributed by atoms with E-state index in [-0.39, 0.29) is 69.1 Å². The van der Waals surface area contributed by atoms with E-state index in [4.69, 9.17) is 0 Å². The molecule has 0 aliphatic carbocycles. The number of Topliss-reactive ketones (excluding diaryl/α,β-unsaturated/α-hetero) is 1. The molecule has 4 amide bonds. The summed E-state index contributed by atoms with van der Waals surface area (Å²) < 4.78 is 3.44. The maximum atomic E-state index is 14.2. The summed E-state index contributed by atoms with van der Waals surface area (Å²) in [7, 11) is 0. The molecule has 0 spiro atoms. The fourth-order valence-corrected chi connectivity index (χ4v) is 6.61. The third-order valence-corrected chi connectivity index (χ3v) is 9.10. The topological polar surface area (TPSA) is 152 Å². The van der Waals surface area contributed by atoms with E-state index >= 15 is 0 Å². The van der Waals surface area contributed by atoms with Crippen LogP contribution in [0.3, 0.4) is 0 Å². The SMILES string of the molecule is CCc1cccc2c(C(C)=O)cn(CC(=O)N3CCN4C(=O)[C@H](Cc5ccccc5)NC(=O)CCCn5cc(nn5)CNC(=O)[C@H]4C3)c12. The second-order valence-electron chi connectivity index (χ2n) is 12.4. The first-order valence-corrected chi connectivity index (χ1v) is 16.4. The summed E-state index contributed by atoms with van der Waals surface area (Å²) in [6.07, 6.45) is 5.12. The molecule has 48 heavy (non-hydrogen) atoms. The summed E-state index contributed by atoms with van der Waals surface area (Å²) >= 11 is 0. The summed E-state index contributed by atoms with van der Waals surface area (Å²) in [5, 5.41) is 14.8. The molecule has 1 fully saturated rings. The number of hydrogen-bond donors (Lipinski definition) is 2. The van der Waals surface area contributed by atoms with Crippen LogP contribution < -0.4 is 10.6 Å². The summed E-state index contributed by atoms with van der Waals surface area (Å²) in [6, 6.07) is 13.3. The molecular weight excluding hydrogens is 612 g/mol. The Hall–Kier alpha value is -5.33. The van der Waals surface area contributed by atoms with Gasteiger partial charge in [0.2, 0.25) is 23.6 Å². The van der Waals surface area contributed by atoms with Gasteiger partial charge in [0, 0.05) is 49.6 Å². The molecule has 2 bridgehead atoms. The van der Waals surface area contributed by atoms with Crippen LogP contribution in [0.4, 0.5) is 0 Å². The number of para-hydroxylation sites is 1. The van der Waals surface area contributed by atoms with Crippen LogP contribution in [0.15, 0.2) is 60.9 Å². The zero-order chi connectivity index (χ0) is 33.8. The monoisotopic (exact) mass is 652 g/mol. The number of benzene rings is 2. The highest BCUT2D eigenvalue weighted by Crippen LogP contribution is 2.26. The van der Waals surface area contributed by atoms with Gasteiger partial charge in [-0.1, -0.05) is 60.7 Å². The molecule has 250 valence electrons. The van der Waals surface area contributed by atoms with E-state index in [2.05, 4.69) is 20.9 Å². The molecule has 0 radical (unpaired) electrons. The number of aromatic nitrogens is 4. The molecule has 2 atom stereocenters. The molecule has 6 rings (SSSR count). The van der Waals surface area contributed by atoms with Crippen LogP contribution in [0, 0.1) is 0 Å². The molecular formula is C35H40N8O5. The molecule has 13 nitrogen and oxygen atoms in total. The first kappa shape index (κ1) is 32.6. The number of piperazine rings is 1. The molecule has 13 heteroatoms. The zero-order valence-corrected chi connectivity index (χ0v) is 27.2. The number of carbonyl (C=O) groups is 5. The second-order valence-corrected chi connectivity index (χ2v) is 12.4. The maximum absolute atomic E-state index is 14.2. The van der Waals surface area contributed by atoms with Crippen molar-refractivity contribution in [1.82, 2.24) is 40.0 Å². The predicted molar refractivity (Wildman–Crippen MR) is 177 cm³/mol. The van der Waals surface area contributed by atoms with Gasteiger partial charge in [0.1, 0.15) is 24.3 Å². The lowest BCUT2D eigenvalue weighted by atomic mass is 10.0. The molecule has 2 aromatic heterocycles. The normalized spacial score (nSPS) is 19.2. The number of rotatable bonds is 6. The van der Waals surface area contributed by atoms with Gasteiger partial charge in [0.15, 0.2) is 5.78 Å². The van der Waals surface area contributed by atoms with E-state index in [0.29, 0.717) is 24.2 Å². The number of fused-ring (bicyclic) bond motifs is 4. The Kier molecular flexibility index (Phi) is 9.65. The number of ketones is 1. The average Bonchev–Trinajstić information content (AvgIpc) is 3.71. The zero-order valence-electron chi connectivity index (χ0n) is 27.2. The number of nitrogens with zero attached hydrogens (tertiary/aromatic N) is 6. The van der Waals surface area contributed by atoms with Crippen LogP contribution in [0.5, 0.6) is 0 Å². The Bertz CT molecular complexity index is 1850. The van der Waals surface area contributed by atoms with E-state index in [1.165, 1.54) is 11.8 Å². The van der Waals surface area contributed by atoms with Gasteiger partial charge in [-0.3, -0.25) is 28.7 Å². The van der Waals surface area contributed by atoms with E-state index in [1.54, 1.807) is 22.0 Å².